The monoisotopic (exact) mass is 234 g/mol. The molecule has 0 aliphatic rings. The summed E-state index contributed by atoms with van der Waals surface area (Å²) in [5.74, 6) is 0.765. The first kappa shape index (κ1) is 13.6. The minimum absolute atomic E-state index is 0.207. The molecule has 0 aromatic heterocycles. The molecule has 0 heterocycles. The summed E-state index contributed by atoms with van der Waals surface area (Å²) in [5.41, 5.74) is 2.67. The van der Waals surface area contributed by atoms with Crippen molar-refractivity contribution in [1.82, 2.24) is 0 Å². The van der Waals surface area contributed by atoms with Crippen LogP contribution in [-0.4, -0.2) is 12.2 Å². The van der Waals surface area contributed by atoms with Gasteiger partial charge in [-0.2, -0.15) is 0 Å². The third kappa shape index (κ3) is 4.51. The lowest BCUT2D eigenvalue weighted by atomic mass is 10.0. The number of benzene rings is 1. The van der Waals surface area contributed by atoms with Gasteiger partial charge < -0.3 is 9.84 Å². The molecule has 0 fully saturated rings. The molecule has 0 saturated carbocycles. The Morgan fingerprint density at radius 3 is 2.82 bits per heavy atom. The van der Waals surface area contributed by atoms with Crippen molar-refractivity contribution in [2.45, 2.75) is 39.5 Å². The highest BCUT2D eigenvalue weighted by molar-refractivity contribution is 5.41. The molecule has 0 atom stereocenters. The quantitative estimate of drug-likeness (QED) is 0.751. The molecule has 17 heavy (non-hydrogen) atoms. The first-order valence-electron chi connectivity index (χ1n) is 6.19. The van der Waals surface area contributed by atoms with E-state index < -0.39 is 0 Å². The molecule has 2 nitrogen and oxygen atoms in total. The summed E-state index contributed by atoms with van der Waals surface area (Å²) in [7, 11) is 1.58. The van der Waals surface area contributed by atoms with Crippen molar-refractivity contribution in [3.8, 4) is 11.5 Å². The average molecular weight is 234 g/mol. The van der Waals surface area contributed by atoms with E-state index in [-0.39, 0.29) is 5.75 Å². The number of phenolic OH excluding ortho intramolecular Hbond substituents is 1. The number of hydrogen-bond acceptors (Lipinski definition) is 2. The maximum Gasteiger partial charge on any atom is 0.160 e. The summed E-state index contributed by atoms with van der Waals surface area (Å²) in [4.78, 5) is 0. The fraction of sp³-hybridized carbons (Fsp3) is 0.467. The first-order chi connectivity index (χ1) is 8.17. The summed E-state index contributed by atoms with van der Waals surface area (Å²) in [5, 5.41) is 9.48. The van der Waals surface area contributed by atoms with Crippen LogP contribution in [0.2, 0.25) is 0 Å². The molecule has 94 valence electrons. The Morgan fingerprint density at radius 2 is 2.18 bits per heavy atom. The molecule has 0 amide bonds. The fourth-order valence-electron chi connectivity index (χ4n) is 1.90. The number of hydrogen-bond donors (Lipinski definition) is 1. The zero-order valence-electron chi connectivity index (χ0n) is 11.0. The predicted octanol–water partition coefficient (Wildman–Crippen LogP) is 4.08. The smallest absolute Gasteiger partial charge is 0.160 e. The van der Waals surface area contributed by atoms with Gasteiger partial charge >= 0.3 is 0 Å². The van der Waals surface area contributed by atoms with E-state index in [1.165, 1.54) is 11.1 Å². The van der Waals surface area contributed by atoms with Crippen molar-refractivity contribution in [2.75, 3.05) is 7.11 Å². The second kappa shape index (κ2) is 7.00. The highest BCUT2D eigenvalue weighted by atomic mass is 16.5. The van der Waals surface area contributed by atoms with Crippen LogP contribution in [0, 0.1) is 0 Å². The molecule has 0 spiro atoms. The molecule has 1 rings (SSSR count). The Bertz CT molecular complexity index is 381. The minimum Gasteiger partial charge on any atom is -0.504 e. The molecule has 0 aliphatic heterocycles. The van der Waals surface area contributed by atoms with Crippen LogP contribution in [0.15, 0.2) is 29.8 Å². The molecule has 0 aliphatic carbocycles. The molecule has 0 unspecified atom stereocenters. The van der Waals surface area contributed by atoms with Crippen molar-refractivity contribution < 1.29 is 9.84 Å². The van der Waals surface area contributed by atoms with E-state index in [0.29, 0.717) is 5.75 Å². The summed E-state index contributed by atoms with van der Waals surface area (Å²) in [6.07, 6.45) is 6.68. The van der Waals surface area contributed by atoms with E-state index in [1.54, 1.807) is 13.2 Å². The van der Waals surface area contributed by atoms with E-state index >= 15 is 0 Å². The Kier molecular flexibility index (Phi) is 5.61. The zero-order valence-corrected chi connectivity index (χ0v) is 11.0. The van der Waals surface area contributed by atoms with Gasteiger partial charge in [0.25, 0.3) is 0 Å². The van der Waals surface area contributed by atoms with Crippen LogP contribution < -0.4 is 4.74 Å². The lowest BCUT2D eigenvalue weighted by molar-refractivity contribution is 0.373. The lowest BCUT2D eigenvalue weighted by Gasteiger charge is -2.07. The molecule has 0 radical (unpaired) electrons. The standard InChI is InChI=1S/C15H22O2/c1-4-6-12(2)7-5-8-13-9-10-14(16)15(11-13)17-3/h6,9-11,16H,4-5,7-8H2,1-3H3/b12-6+. The van der Waals surface area contributed by atoms with Gasteiger partial charge in [-0.25, -0.2) is 0 Å². The normalized spacial score (nSPS) is 11.6. The van der Waals surface area contributed by atoms with Gasteiger partial charge in [-0.3, -0.25) is 0 Å². The van der Waals surface area contributed by atoms with Crippen LogP contribution in [-0.2, 0) is 6.42 Å². The second-order valence-electron chi connectivity index (χ2n) is 4.32. The summed E-state index contributed by atoms with van der Waals surface area (Å²) in [6, 6.07) is 5.56. The molecule has 0 saturated heterocycles. The Balaban J connectivity index is 2.50. The van der Waals surface area contributed by atoms with Crippen molar-refractivity contribution in [1.29, 1.82) is 0 Å². The van der Waals surface area contributed by atoms with E-state index in [4.69, 9.17) is 4.74 Å². The molecule has 0 bridgehead atoms. The predicted molar refractivity (Wildman–Crippen MR) is 71.6 cm³/mol. The van der Waals surface area contributed by atoms with Crippen LogP contribution in [0.1, 0.15) is 38.7 Å². The number of aromatic hydroxyl groups is 1. The summed E-state index contributed by atoms with van der Waals surface area (Å²) < 4.78 is 5.09. The van der Waals surface area contributed by atoms with E-state index in [1.807, 2.05) is 12.1 Å². The number of ether oxygens (including phenoxy) is 1. The third-order valence-corrected chi connectivity index (χ3v) is 2.83. The van der Waals surface area contributed by atoms with E-state index in [9.17, 15) is 5.11 Å². The van der Waals surface area contributed by atoms with Gasteiger partial charge in [0, 0.05) is 0 Å². The van der Waals surface area contributed by atoms with Crippen molar-refractivity contribution in [3.05, 3.63) is 35.4 Å². The van der Waals surface area contributed by atoms with Gasteiger partial charge in [0.05, 0.1) is 7.11 Å². The highest BCUT2D eigenvalue weighted by Gasteiger charge is 2.02. The Labute approximate surface area is 104 Å². The molecular weight excluding hydrogens is 212 g/mol. The van der Waals surface area contributed by atoms with Gasteiger partial charge in [0.2, 0.25) is 0 Å². The maximum absolute atomic E-state index is 9.48. The van der Waals surface area contributed by atoms with Crippen LogP contribution in [0.25, 0.3) is 0 Å². The highest BCUT2D eigenvalue weighted by Crippen LogP contribution is 2.27. The number of methoxy groups -OCH3 is 1. The summed E-state index contributed by atoms with van der Waals surface area (Å²) >= 11 is 0. The lowest BCUT2D eigenvalue weighted by Crippen LogP contribution is -1.89. The van der Waals surface area contributed by atoms with Gasteiger partial charge in [-0.05, 0) is 50.3 Å². The maximum atomic E-state index is 9.48. The fourth-order valence-corrected chi connectivity index (χ4v) is 1.90. The van der Waals surface area contributed by atoms with Crippen molar-refractivity contribution in [2.24, 2.45) is 0 Å². The topological polar surface area (TPSA) is 29.5 Å². The minimum atomic E-state index is 0.207. The van der Waals surface area contributed by atoms with Crippen molar-refractivity contribution >= 4 is 0 Å². The molecule has 2 heteroatoms. The largest absolute Gasteiger partial charge is 0.504 e. The van der Waals surface area contributed by atoms with Crippen molar-refractivity contribution in [3.63, 3.8) is 0 Å². The Morgan fingerprint density at radius 1 is 1.41 bits per heavy atom. The second-order valence-corrected chi connectivity index (χ2v) is 4.32. The van der Waals surface area contributed by atoms with Gasteiger partial charge in [0.1, 0.15) is 0 Å². The number of aryl methyl sites for hydroxylation is 1. The SMILES string of the molecule is CC/C=C(\C)CCCc1ccc(O)c(OC)c1. The van der Waals surface area contributed by atoms with Gasteiger partial charge in [-0.15, -0.1) is 0 Å². The molecule has 1 aromatic carbocycles. The van der Waals surface area contributed by atoms with Gasteiger partial charge in [0.15, 0.2) is 11.5 Å². The van der Waals surface area contributed by atoms with Crippen LogP contribution in [0.4, 0.5) is 0 Å². The number of allylic oxidation sites excluding steroid dienone is 2. The van der Waals surface area contributed by atoms with E-state index in [0.717, 1.165) is 25.7 Å². The Hall–Kier alpha value is -1.44. The molecule has 1 aromatic rings. The first-order valence-corrected chi connectivity index (χ1v) is 6.19. The van der Waals surface area contributed by atoms with E-state index in [2.05, 4.69) is 19.9 Å². The molecular formula is C15H22O2. The van der Waals surface area contributed by atoms with Gasteiger partial charge in [-0.1, -0.05) is 24.6 Å². The van der Waals surface area contributed by atoms with Crippen LogP contribution >= 0.6 is 0 Å². The average Bonchev–Trinajstić information content (AvgIpc) is 2.31. The molecule has 1 N–H and O–H groups in total. The number of rotatable bonds is 6. The summed E-state index contributed by atoms with van der Waals surface area (Å²) in [6.45, 7) is 4.34. The zero-order chi connectivity index (χ0) is 12.7. The number of phenols is 1. The van der Waals surface area contributed by atoms with Crippen LogP contribution in [0.5, 0.6) is 11.5 Å². The third-order valence-electron chi connectivity index (χ3n) is 2.83. The van der Waals surface area contributed by atoms with Crippen LogP contribution in [0.3, 0.4) is 0 Å².